The molecule has 0 saturated heterocycles. The van der Waals surface area contributed by atoms with Crippen molar-refractivity contribution in [3.8, 4) is 0 Å². The van der Waals surface area contributed by atoms with Gasteiger partial charge < -0.3 is 0 Å². The average Bonchev–Trinajstić information content (AvgIpc) is 0.918. The van der Waals surface area contributed by atoms with E-state index >= 15 is 0 Å². The van der Waals surface area contributed by atoms with Gasteiger partial charge in [-0.1, -0.05) is 0 Å². The van der Waals surface area contributed by atoms with E-state index in [4.69, 9.17) is 5.41 Å². The van der Waals surface area contributed by atoms with Gasteiger partial charge in [0.15, 0.2) is 17.4 Å². The van der Waals surface area contributed by atoms with Crippen LogP contribution < -0.4 is 0 Å². The average molecular weight is 71.1 g/mol. The van der Waals surface area contributed by atoms with Gasteiger partial charge in [-0.25, -0.2) is 0 Å². The van der Waals surface area contributed by atoms with E-state index in [0.29, 0.717) is 0 Å². The minimum atomic E-state index is 0. The van der Waals surface area contributed by atoms with Crippen molar-refractivity contribution in [2.75, 3.05) is 0 Å². The Morgan fingerprint density at radius 3 is 1.75 bits per heavy atom. The highest BCUT2D eigenvalue weighted by molar-refractivity contribution is 5.75. The maximum absolute atomic E-state index is 5.85. The molecule has 0 atom stereocenters. The number of rotatable bonds is 0. The van der Waals surface area contributed by atoms with E-state index in [2.05, 4.69) is 6.58 Å². The normalized spacial score (nSPS) is 2.00. The van der Waals surface area contributed by atoms with Crippen molar-refractivity contribution in [3.63, 3.8) is 0 Å². The third kappa shape index (κ3) is 6230. The first kappa shape index (κ1) is 9.01. The van der Waals surface area contributed by atoms with Crippen LogP contribution in [0.1, 0.15) is 0 Å². The van der Waals surface area contributed by atoms with Gasteiger partial charge in [-0.2, -0.15) is 0 Å². The summed E-state index contributed by atoms with van der Waals surface area (Å²) in [5.41, 5.74) is 0. The fourth-order valence-electron chi connectivity index (χ4n) is 0. The van der Waals surface area contributed by atoms with E-state index in [0.717, 1.165) is 0 Å². The van der Waals surface area contributed by atoms with Gasteiger partial charge in [-0.05, 0) is 12.4 Å². The van der Waals surface area contributed by atoms with E-state index in [9.17, 15) is 0 Å². The standard InChI is InChI=1S/C2H3N.Al.3H/c1-2-3;;;;/h3H,1H2;;;;. The molecule has 4 heavy (non-hydrogen) atoms. The van der Waals surface area contributed by atoms with Gasteiger partial charge >= 0.3 is 0 Å². The van der Waals surface area contributed by atoms with Crippen molar-refractivity contribution >= 4 is 23.2 Å². The second-order valence-electron chi connectivity index (χ2n) is 0.177. The molecule has 0 aliphatic rings. The molecule has 0 aromatic rings. The highest BCUT2D eigenvalue weighted by Gasteiger charge is 0.918. The molecule has 0 aromatic heterocycles. The molecule has 0 heterocycles. The van der Waals surface area contributed by atoms with E-state index in [1.165, 1.54) is 0 Å². The Morgan fingerprint density at radius 2 is 1.75 bits per heavy atom. The predicted octanol–water partition coefficient (Wildman–Crippen LogP) is -0.763. The molecule has 0 unspecified atom stereocenters. The van der Waals surface area contributed by atoms with E-state index in [1.807, 2.05) is 0 Å². The van der Waals surface area contributed by atoms with Gasteiger partial charge in [-0.3, -0.25) is 5.41 Å². The van der Waals surface area contributed by atoms with Crippen LogP contribution in [0, 0.1) is 5.41 Å². The van der Waals surface area contributed by atoms with Gasteiger partial charge in [0.2, 0.25) is 0 Å². The molecule has 0 aliphatic carbocycles. The van der Waals surface area contributed by atoms with E-state index < -0.39 is 0 Å². The third-order valence-corrected chi connectivity index (χ3v) is 0. The molecule has 0 saturated carbocycles. The number of hydrogen-bond donors (Lipinski definition) is 1. The molecule has 0 aliphatic heterocycles. The summed E-state index contributed by atoms with van der Waals surface area (Å²) in [5, 5.41) is 5.85. The largest absolute Gasteiger partial charge is 0.259 e. The lowest BCUT2D eigenvalue weighted by molar-refractivity contribution is 1.60. The molecule has 0 amide bonds. The van der Waals surface area contributed by atoms with Gasteiger partial charge in [0.25, 0.3) is 0 Å². The zero-order valence-corrected chi connectivity index (χ0v) is 1.71. The zero-order valence-electron chi connectivity index (χ0n) is 1.71. The van der Waals surface area contributed by atoms with Crippen LogP contribution in [-0.4, -0.2) is 23.2 Å². The smallest absolute Gasteiger partial charge is 0.187 e. The van der Waals surface area contributed by atoms with Crippen LogP contribution in [0.4, 0.5) is 0 Å². The topological polar surface area (TPSA) is 23.9 Å². The molecule has 22 valence electrons. The van der Waals surface area contributed by atoms with Crippen LogP contribution in [0.3, 0.4) is 0 Å². The molecule has 1 N–H and O–H groups in total. The van der Waals surface area contributed by atoms with Crippen LogP contribution in [0.25, 0.3) is 0 Å². The van der Waals surface area contributed by atoms with E-state index in [1.54, 1.807) is 5.87 Å². The van der Waals surface area contributed by atoms with Crippen molar-refractivity contribution in [3.05, 3.63) is 6.58 Å². The summed E-state index contributed by atoms with van der Waals surface area (Å²) >= 11 is 0. The fourth-order valence-corrected chi connectivity index (χ4v) is 0. The molecule has 0 spiro atoms. The fraction of sp³-hybridized carbons (Fsp3) is 0. The molecular weight excluding hydrogens is 65.0 g/mol. The monoisotopic (exact) mass is 71.0 g/mol. The summed E-state index contributed by atoms with van der Waals surface area (Å²) in [7, 11) is 0. The Morgan fingerprint density at radius 1 is 1.75 bits per heavy atom. The van der Waals surface area contributed by atoms with Crippen molar-refractivity contribution in [2.24, 2.45) is 0 Å². The Kier molecular flexibility index (Phi) is 27.4. The van der Waals surface area contributed by atoms with Gasteiger partial charge in [0.1, 0.15) is 0 Å². The van der Waals surface area contributed by atoms with Gasteiger partial charge in [0, 0.05) is 0 Å². The van der Waals surface area contributed by atoms with Gasteiger partial charge in [-0.15, -0.1) is 0 Å². The SMILES string of the molecule is C=C=N.[AlH3]. The second-order valence-corrected chi connectivity index (χ2v) is 0.177. The summed E-state index contributed by atoms with van der Waals surface area (Å²) in [5.74, 6) is 1.75. The van der Waals surface area contributed by atoms with Crippen LogP contribution in [0.2, 0.25) is 0 Å². The Hall–Kier alpha value is -0.0175. The lowest BCUT2D eigenvalue weighted by Crippen LogP contribution is -1.10. The van der Waals surface area contributed by atoms with Crippen molar-refractivity contribution in [2.45, 2.75) is 0 Å². The predicted molar refractivity (Wildman–Crippen MR) is 23.3 cm³/mol. The summed E-state index contributed by atoms with van der Waals surface area (Å²) in [4.78, 5) is 0. The highest BCUT2D eigenvalue weighted by Crippen LogP contribution is 0.942. The zero-order chi connectivity index (χ0) is 2.71. The molecule has 0 rings (SSSR count). The van der Waals surface area contributed by atoms with Crippen LogP contribution in [-0.2, 0) is 0 Å². The first-order valence-corrected chi connectivity index (χ1v) is 0.604. The molecule has 1 nitrogen and oxygen atoms in total. The second kappa shape index (κ2) is 12.1. The van der Waals surface area contributed by atoms with Crippen molar-refractivity contribution in [1.82, 2.24) is 0 Å². The molecule has 0 bridgehead atoms. The molecular formula is C2H6AlN. The first-order valence-electron chi connectivity index (χ1n) is 0.604. The molecule has 0 fully saturated rings. The van der Waals surface area contributed by atoms with Crippen molar-refractivity contribution in [1.29, 1.82) is 5.41 Å². The summed E-state index contributed by atoms with van der Waals surface area (Å²) in [6.45, 7) is 2.90. The van der Waals surface area contributed by atoms with Crippen LogP contribution in [0.5, 0.6) is 0 Å². The minimum absolute atomic E-state index is 0. The minimum Gasteiger partial charge on any atom is -0.259 e. The molecule has 2 heteroatoms. The van der Waals surface area contributed by atoms with Crippen LogP contribution in [0.15, 0.2) is 6.58 Å². The summed E-state index contributed by atoms with van der Waals surface area (Å²) < 4.78 is 0. The maximum Gasteiger partial charge on any atom is 0.187 e. The first-order chi connectivity index (χ1) is 1.41. The van der Waals surface area contributed by atoms with Crippen LogP contribution >= 0.6 is 0 Å². The highest BCUT2D eigenvalue weighted by atomic mass is 27.0. The number of hydrogen-bond acceptors (Lipinski definition) is 1. The Bertz CT molecular complexity index is 27.0. The molecule has 0 aromatic carbocycles. The number of nitrogens with one attached hydrogen (secondary N) is 1. The summed E-state index contributed by atoms with van der Waals surface area (Å²) in [6.07, 6.45) is 0. The maximum atomic E-state index is 5.85. The van der Waals surface area contributed by atoms with E-state index in [-0.39, 0.29) is 17.4 Å². The third-order valence-electron chi connectivity index (χ3n) is 0. The Labute approximate surface area is 36.0 Å². The van der Waals surface area contributed by atoms with Gasteiger partial charge in [0.05, 0.1) is 0 Å². The lowest BCUT2D eigenvalue weighted by Gasteiger charge is -1.10. The summed E-state index contributed by atoms with van der Waals surface area (Å²) in [6, 6.07) is 0. The Balaban J connectivity index is 0. The lowest BCUT2D eigenvalue weighted by atomic mass is 11.2. The quantitative estimate of drug-likeness (QED) is 0.286. The molecule has 0 radical (unpaired) electrons. The van der Waals surface area contributed by atoms with Crippen molar-refractivity contribution < 1.29 is 0 Å².